The van der Waals surface area contributed by atoms with Crippen LogP contribution >= 0.6 is 8.53 Å². The van der Waals surface area contributed by atoms with Gasteiger partial charge >= 0.3 is 0 Å². The Morgan fingerprint density at radius 1 is 0.833 bits per heavy atom. The molecule has 5 aromatic rings. The van der Waals surface area contributed by atoms with Crippen molar-refractivity contribution in [1.82, 2.24) is 29.1 Å². The Labute approximate surface area is 431 Å². The largest absolute Gasteiger partial charge is 0.497 e. The summed E-state index contributed by atoms with van der Waals surface area (Å²) in [6.07, 6.45) is 6.67. The van der Waals surface area contributed by atoms with E-state index in [1.54, 1.807) is 20.5 Å². The molecule has 17 heteroatoms. The quantitative estimate of drug-likeness (QED) is 0.0123. The zero-order chi connectivity index (χ0) is 52.1. The van der Waals surface area contributed by atoms with Gasteiger partial charge in [-0.3, -0.25) is 4.57 Å². The van der Waals surface area contributed by atoms with E-state index in [2.05, 4.69) is 108 Å². The van der Waals surface area contributed by atoms with Crippen molar-refractivity contribution in [3.63, 3.8) is 0 Å². The first-order valence-corrected chi connectivity index (χ1v) is 29.6. The molecule has 0 bridgehead atoms. The van der Waals surface area contributed by atoms with Crippen molar-refractivity contribution >= 4 is 40.2 Å². The van der Waals surface area contributed by atoms with E-state index >= 15 is 0 Å². The van der Waals surface area contributed by atoms with Crippen molar-refractivity contribution in [2.24, 2.45) is 4.99 Å². The molecular weight excluding hydrogens is 944 g/mol. The van der Waals surface area contributed by atoms with Crippen LogP contribution in [-0.2, 0) is 28.5 Å². The van der Waals surface area contributed by atoms with Crippen LogP contribution in [0.3, 0.4) is 0 Å². The van der Waals surface area contributed by atoms with Crippen LogP contribution < -0.4 is 9.47 Å². The van der Waals surface area contributed by atoms with E-state index in [4.69, 9.17) is 47.4 Å². The zero-order valence-corrected chi connectivity index (χ0v) is 46.8. The minimum absolute atomic E-state index is 0.0368. The highest BCUT2D eigenvalue weighted by Crippen LogP contribution is 2.53. The summed E-state index contributed by atoms with van der Waals surface area (Å²) in [4.78, 5) is 21.6. The number of nitriles is 1. The van der Waals surface area contributed by atoms with Gasteiger partial charge in [0, 0.05) is 25.2 Å². The number of nitrogens with zero attached hydrogens (tertiary/aromatic N) is 8. The fourth-order valence-electron chi connectivity index (χ4n) is 8.72. The van der Waals surface area contributed by atoms with E-state index < -0.39 is 47.0 Å². The standard InChI is InChI=1S/C55H79N8O7PSi/c1-14-16-33-61(34-17-15-2)38-60-51-48-52(58-37-57-51)62(39-59-48)53-50(70-72(12,13)54(7,8)9)49(69-71(67-35-21-32-56)63(40(3)4)41(5)6)47(68-53)36-66-55(42-22-19-18-20-23-42,43-24-28-45(64-10)29-25-43)44-26-30-46(65-11)31-27-44/h18-20,22-31,37-41,47,49-50,53H,14-17,21,33-36H2,1-13H3/b60-38+/t47-,49-,50-,53-,71?/m0/s1. The Bertz CT molecular complexity index is 2440. The number of ether oxygens (including phenoxy) is 4. The lowest BCUT2D eigenvalue weighted by molar-refractivity contribution is -0.0926. The summed E-state index contributed by atoms with van der Waals surface area (Å²) >= 11 is 0. The average molecular weight is 1020 g/mol. The summed E-state index contributed by atoms with van der Waals surface area (Å²) in [6, 6.07) is 28.5. The molecular formula is C55H79N8O7PSi. The number of aliphatic imine (C=N–C) groups is 1. The van der Waals surface area contributed by atoms with E-state index in [0.717, 1.165) is 67.0 Å². The lowest BCUT2D eigenvalue weighted by Gasteiger charge is -2.42. The van der Waals surface area contributed by atoms with E-state index in [1.165, 1.54) is 6.33 Å². The number of unbranched alkanes of at least 4 members (excludes halogenated alkanes) is 2. The van der Waals surface area contributed by atoms with Crippen LogP contribution in [-0.4, -0.2) is 115 Å². The van der Waals surface area contributed by atoms with Crippen LogP contribution in [0.25, 0.3) is 11.2 Å². The van der Waals surface area contributed by atoms with E-state index in [9.17, 15) is 5.26 Å². The maximum Gasteiger partial charge on any atom is 0.259 e. The molecule has 0 amide bonds. The minimum atomic E-state index is -2.62. The number of fused-ring (bicyclic) bond motifs is 1. The number of imidazole rings is 1. The Hall–Kier alpha value is -4.82. The van der Waals surface area contributed by atoms with Gasteiger partial charge in [0.2, 0.25) is 0 Å². The highest BCUT2D eigenvalue weighted by atomic mass is 31.2. The molecule has 1 aliphatic rings. The predicted molar refractivity (Wildman–Crippen MR) is 289 cm³/mol. The fourth-order valence-corrected chi connectivity index (χ4v) is 11.8. The van der Waals surface area contributed by atoms with Gasteiger partial charge in [0.15, 0.2) is 31.5 Å². The number of hydrogen-bond donors (Lipinski definition) is 0. The summed E-state index contributed by atoms with van der Waals surface area (Å²) in [5.74, 6) is 1.91. The van der Waals surface area contributed by atoms with Gasteiger partial charge in [-0.2, -0.15) is 5.26 Å². The third-order valence-corrected chi connectivity index (χ3v) is 20.2. The second kappa shape index (κ2) is 25.9. The molecule has 15 nitrogen and oxygen atoms in total. The SMILES string of the molecule is CCCCN(/C=N/c1ncnc2c1ncn2[C@H]1O[C@@H](COC(c2ccccc2)(c2ccc(OC)cc2)c2ccc(OC)cc2)[C@H](OP(OCCC#N)N(C(C)C)C(C)C)[C@@H]1O[Si](C)(C)C(C)(C)C)CCCC. The van der Waals surface area contributed by atoms with Crippen molar-refractivity contribution < 1.29 is 32.4 Å². The zero-order valence-electron chi connectivity index (χ0n) is 44.9. The van der Waals surface area contributed by atoms with E-state index in [0.29, 0.717) is 17.0 Å². The molecule has 1 aliphatic heterocycles. The van der Waals surface area contributed by atoms with E-state index in [-0.39, 0.29) is 36.8 Å². The first-order chi connectivity index (χ1) is 34.5. The van der Waals surface area contributed by atoms with Crippen LogP contribution in [0.4, 0.5) is 5.82 Å². The molecule has 0 radical (unpaired) electrons. The highest BCUT2D eigenvalue weighted by Gasteiger charge is 2.54. The molecule has 6 rings (SSSR count). The number of hydrogen-bond acceptors (Lipinski definition) is 13. The van der Waals surface area contributed by atoms with Crippen molar-refractivity contribution in [2.75, 3.05) is 40.5 Å². The predicted octanol–water partition coefficient (Wildman–Crippen LogP) is 12.4. The molecule has 0 aliphatic carbocycles. The van der Waals surface area contributed by atoms with Crippen LogP contribution in [0.2, 0.25) is 18.1 Å². The van der Waals surface area contributed by atoms with E-state index in [1.807, 2.05) is 77.6 Å². The van der Waals surface area contributed by atoms with Crippen LogP contribution in [0.15, 0.2) is 96.5 Å². The Balaban J connectivity index is 1.55. The van der Waals surface area contributed by atoms with Gasteiger partial charge in [0.25, 0.3) is 8.53 Å². The first-order valence-electron chi connectivity index (χ1n) is 25.6. The second-order valence-corrected chi connectivity index (χ2v) is 26.5. The lowest BCUT2D eigenvalue weighted by Crippen LogP contribution is -2.50. The number of aromatic nitrogens is 4. The van der Waals surface area contributed by atoms with Gasteiger partial charge in [0.1, 0.15) is 41.7 Å². The molecule has 0 saturated carbocycles. The third-order valence-electron chi connectivity index (χ3n) is 13.6. The van der Waals surface area contributed by atoms with Gasteiger partial charge in [-0.05, 0) is 99.6 Å². The summed E-state index contributed by atoms with van der Waals surface area (Å²) in [7, 11) is -1.09. The topological polar surface area (TPSA) is 151 Å². The first kappa shape index (κ1) is 56.5. The highest BCUT2D eigenvalue weighted by molar-refractivity contribution is 7.44. The molecule has 1 fully saturated rings. The van der Waals surface area contributed by atoms with Gasteiger partial charge in [-0.1, -0.05) is 102 Å². The normalized spacial score (nSPS) is 18.2. The van der Waals surface area contributed by atoms with Crippen molar-refractivity contribution in [1.29, 1.82) is 5.26 Å². The molecule has 0 N–H and O–H groups in total. The van der Waals surface area contributed by atoms with Crippen molar-refractivity contribution in [3.8, 4) is 17.6 Å². The summed E-state index contributed by atoms with van der Waals surface area (Å²) in [5.41, 5.74) is 2.59. The van der Waals surface area contributed by atoms with Crippen LogP contribution in [0.5, 0.6) is 11.5 Å². The lowest BCUT2D eigenvalue weighted by atomic mass is 9.80. The Morgan fingerprint density at radius 2 is 1.42 bits per heavy atom. The van der Waals surface area contributed by atoms with Gasteiger partial charge < -0.3 is 37.3 Å². The molecule has 390 valence electrons. The molecule has 2 aromatic heterocycles. The third kappa shape index (κ3) is 13.3. The van der Waals surface area contributed by atoms with Crippen LogP contribution in [0, 0.1) is 11.3 Å². The summed E-state index contributed by atoms with van der Waals surface area (Å²) in [5, 5.41) is 9.50. The molecule has 1 saturated heterocycles. The fraction of sp³-hybridized carbons (Fsp3) is 0.545. The minimum Gasteiger partial charge on any atom is -0.497 e. The smallest absolute Gasteiger partial charge is 0.259 e. The molecule has 72 heavy (non-hydrogen) atoms. The molecule has 3 aromatic carbocycles. The molecule has 0 spiro atoms. The number of methoxy groups -OCH3 is 2. The van der Waals surface area contributed by atoms with Crippen molar-refractivity contribution in [2.45, 2.75) is 155 Å². The average Bonchev–Trinajstić information content (AvgIpc) is 3.94. The van der Waals surface area contributed by atoms with Crippen LogP contribution in [0.1, 0.15) is 117 Å². The molecule has 3 heterocycles. The molecule has 5 atom stereocenters. The van der Waals surface area contributed by atoms with Gasteiger partial charge in [-0.15, -0.1) is 0 Å². The maximum atomic E-state index is 9.70. The summed E-state index contributed by atoms with van der Waals surface area (Å²) in [6.45, 7) is 26.1. The maximum absolute atomic E-state index is 9.70. The number of rotatable bonds is 27. The van der Waals surface area contributed by atoms with Gasteiger partial charge in [-0.25, -0.2) is 24.6 Å². The second-order valence-electron chi connectivity index (χ2n) is 20.3. The molecule has 1 unspecified atom stereocenters. The number of benzene rings is 3. The van der Waals surface area contributed by atoms with Gasteiger partial charge in [0.05, 0.1) is 52.6 Å². The van der Waals surface area contributed by atoms with Crippen molar-refractivity contribution in [3.05, 3.63) is 108 Å². The Morgan fingerprint density at radius 3 is 1.94 bits per heavy atom. The Kier molecular flexibility index (Phi) is 20.3. The summed E-state index contributed by atoms with van der Waals surface area (Å²) < 4.78 is 52.3. The monoisotopic (exact) mass is 1020 g/mol.